The van der Waals surface area contributed by atoms with Crippen LogP contribution in [0, 0.1) is 0 Å². The van der Waals surface area contributed by atoms with Gasteiger partial charge in [0, 0.05) is 40.6 Å². The van der Waals surface area contributed by atoms with E-state index in [4.69, 9.17) is 5.73 Å². The minimum Gasteiger partial charge on any atom is -0.402 e. The molecule has 2 rings (SSSR count). The monoisotopic (exact) mass is 321 g/mol. The lowest BCUT2D eigenvalue weighted by Crippen LogP contribution is -2.03. The Kier molecular flexibility index (Phi) is 5.03. The number of benzene rings is 1. The highest BCUT2D eigenvalue weighted by Gasteiger charge is 2.14. The van der Waals surface area contributed by atoms with E-state index in [1.54, 1.807) is 0 Å². The number of nitrogens with one attached hydrogen (secondary N) is 2. The number of rotatable bonds is 6. The van der Waals surface area contributed by atoms with Crippen molar-refractivity contribution in [3.05, 3.63) is 71.6 Å². The van der Waals surface area contributed by atoms with Crippen LogP contribution in [0.25, 0.3) is 22.2 Å². The van der Waals surface area contributed by atoms with Crippen molar-refractivity contribution in [2.24, 2.45) is 5.73 Å². The zero-order valence-corrected chi connectivity index (χ0v) is 15.1. The summed E-state index contributed by atoms with van der Waals surface area (Å²) in [6.45, 7) is 18.3. The van der Waals surface area contributed by atoms with Gasteiger partial charge in [0.15, 0.2) is 0 Å². The summed E-state index contributed by atoms with van der Waals surface area (Å²) in [5.74, 6) is 0. The molecule has 2 aromatic rings. The van der Waals surface area contributed by atoms with Crippen LogP contribution in [0.4, 0.5) is 0 Å². The molecule has 1 heterocycles. The van der Waals surface area contributed by atoms with Crippen LogP contribution in [0.1, 0.15) is 37.6 Å². The van der Waals surface area contributed by atoms with Crippen molar-refractivity contribution in [1.82, 2.24) is 10.3 Å². The fraction of sp³-hybridized carbons (Fsp3) is 0.238. The van der Waals surface area contributed by atoms with Crippen molar-refractivity contribution in [2.45, 2.75) is 27.2 Å². The van der Waals surface area contributed by atoms with Crippen LogP contribution >= 0.6 is 0 Å². The van der Waals surface area contributed by atoms with Gasteiger partial charge in [-0.25, -0.2) is 0 Å². The Hall–Kier alpha value is -2.68. The minimum absolute atomic E-state index is 0.728. The fourth-order valence-corrected chi connectivity index (χ4v) is 3.05. The summed E-state index contributed by atoms with van der Waals surface area (Å²) < 4.78 is 0. The summed E-state index contributed by atoms with van der Waals surface area (Å²) in [6.07, 6.45) is 0.949. The molecule has 1 aromatic heterocycles. The highest BCUT2D eigenvalue weighted by molar-refractivity contribution is 5.93. The SMILES string of the molecule is C=C(C)/C(C(=C)c1cc2c(CC)cc(C(=C)NC)cc2[nH]1)=C(\C)N. The van der Waals surface area contributed by atoms with Crippen LogP contribution in [0.2, 0.25) is 0 Å². The molecule has 0 aliphatic rings. The number of hydrogen-bond donors (Lipinski definition) is 3. The molecule has 3 nitrogen and oxygen atoms in total. The molecule has 0 aliphatic heterocycles. The van der Waals surface area contributed by atoms with Gasteiger partial charge in [-0.2, -0.15) is 0 Å². The molecule has 0 saturated carbocycles. The molecule has 0 radical (unpaired) electrons. The Balaban J connectivity index is 2.63. The highest BCUT2D eigenvalue weighted by atomic mass is 14.8. The number of aromatic nitrogens is 1. The molecule has 126 valence electrons. The molecule has 0 amide bonds. The van der Waals surface area contributed by atoms with Crippen LogP contribution in [0.15, 0.2) is 54.8 Å². The van der Waals surface area contributed by atoms with Crippen LogP contribution in [-0.2, 0) is 6.42 Å². The van der Waals surface area contributed by atoms with Gasteiger partial charge in [-0.3, -0.25) is 0 Å². The summed E-state index contributed by atoms with van der Waals surface area (Å²) in [6, 6.07) is 6.45. The van der Waals surface area contributed by atoms with Crippen LogP contribution in [-0.4, -0.2) is 12.0 Å². The van der Waals surface area contributed by atoms with Gasteiger partial charge < -0.3 is 16.0 Å². The molecule has 24 heavy (non-hydrogen) atoms. The fourth-order valence-electron chi connectivity index (χ4n) is 3.05. The third-order valence-electron chi connectivity index (χ3n) is 4.30. The van der Waals surface area contributed by atoms with E-state index in [-0.39, 0.29) is 0 Å². The Labute approximate surface area is 144 Å². The van der Waals surface area contributed by atoms with Gasteiger partial charge in [0.2, 0.25) is 0 Å². The number of allylic oxidation sites excluding steroid dienone is 4. The van der Waals surface area contributed by atoms with Crippen molar-refractivity contribution >= 4 is 22.2 Å². The van der Waals surface area contributed by atoms with Crippen LogP contribution < -0.4 is 11.1 Å². The molecular formula is C21H27N3. The van der Waals surface area contributed by atoms with Gasteiger partial charge >= 0.3 is 0 Å². The predicted octanol–water partition coefficient (Wildman–Crippen LogP) is 4.74. The van der Waals surface area contributed by atoms with E-state index < -0.39 is 0 Å². The lowest BCUT2D eigenvalue weighted by molar-refractivity contribution is 1.12. The van der Waals surface area contributed by atoms with Gasteiger partial charge in [-0.05, 0) is 60.7 Å². The van der Waals surface area contributed by atoms with Gasteiger partial charge in [-0.15, -0.1) is 0 Å². The smallest absolute Gasteiger partial charge is 0.0468 e. The van der Waals surface area contributed by atoms with Crippen LogP contribution in [0.3, 0.4) is 0 Å². The Morgan fingerprint density at radius 3 is 2.33 bits per heavy atom. The van der Waals surface area contributed by atoms with Gasteiger partial charge in [0.25, 0.3) is 0 Å². The van der Waals surface area contributed by atoms with Gasteiger partial charge in [0.05, 0.1) is 0 Å². The highest BCUT2D eigenvalue weighted by Crippen LogP contribution is 2.32. The second-order valence-electron chi connectivity index (χ2n) is 6.18. The third kappa shape index (κ3) is 3.16. The Morgan fingerprint density at radius 2 is 1.83 bits per heavy atom. The first-order valence-electron chi connectivity index (χ1n) is 8.14. The Morgan fingerprint density at radius 1 is 1.17 bits per heavy atom. The topological polar surface area (TPSA) is 53.8 Å². The van der Waals surface area contributed by atoms with E-state index in [2.05, 4.69) is 55.2 Å². The quantitative estimate of drug-likeness (QED) is 0.673. The number of fused-ring (bicyclic) bond motifs is 1. The van der Waals surface area contributed by atoms with Gasteiger partial charge in [0.1, 0.15) is 0 Å². The first-order valence-corrected chi connectivity index (χ1v) is 8.14. The second kappa shape index (κ2) is 6.83. The maximum atomic E-state index is 6.03. The molecular weight excluding hydrogens is 294 g/mol. The Bertz CT molecular complexity index is 859. The summed E-state index contributed by atoms with van der Waals surface area (Å²) in [5.41, 5.74) is 14.8. The predicted molar refractivity (Wildman–Crippen MR) is 107 cm³/mol. The average Bonchev–Trinajstić information content (AvgIpc) is 2.96. The normalized spacial score (nSPS) is 12.0. The maximum Gasteiger partial charge on any atom is 0.0468 e. The largest absolute Gasteiger partial charge is 0.402 e. The van der Waals surface area contributed by atoms with E-state index >= 15 is 0 Å². The lowest BCUT2D eigenvalue weighted by Gasteiger charge is -2.11. The number of nitrogens with two attached hydrogens (primary N) is 1. The molecule has 0 fully saturated rings. The number of aryl methyl sites for hydroxylation is 1. The van der Waals surface area contributed by atoms with E-state index in [1.807, 2.05) is 20.9 Å². The standard InChI is InChI=1S/C21H27N3/c1-8-16-9-17(15(6)23-7)10-20-18(16)11-19(24-20)13(4)21(12(2)3)14(5)22/h9-11,23-24H,2,4,6,8,22H2,1,3,5,7H3/b21-14-. The average molecular weight is 321 g/mol. The van der Waals surface area contributed by atoms with Crippen molar-refractivity contribution in [2.75, 3.05) is 7.05 Å². The first kappa shape index (κ1) is 17.7. The second-order valence-corrected chi connectivity index (χ2v) is 6.18. The molecule has 0 saturated heterocycles. The molecule has 1 aromatic carbocycles. The molecule has 3 heteroatoms. The number of H-pyrrole nitrogens is 1. The summed E-state index contributed by atoms with van der Waals surface area (Å²) in [5, 5.41) is 4.32. The van der Waals surface area contributed by atoms with Crippen molar-refractivity contribution in [1.29, 1.82) is 0 Å². The van der Waals surface area contributed by atoms with E-state index in [9.17, 15) is 0 Å². The van der Waals surface area contributed by atoms with Crippen LogP contribution in [0.5, 0.6) is 0 Å². The summed E-state index contributed by atoms with van der Waals surface area (Å²) in [7, 11) is 1.88. The molecule has 4 N–H and O–H groups in total. The summed E-state index contributed by atoms with van der Waals surface area (Å²) in [4.78, 5) is 3.48. The molecule has 0 unspecified atom stereocenters. The van der Waals surface area contributed by atoms with Crippen molar-refractivity contribution < 1.29 is 0 Å². The molecule has 0 spiro atoms. The molecule has 0 atom stereocenters. The zero-order chi connectivity index (χ0) is 18.0. The summed E-state index contributed by atoms with van der Waals surface area (Å²) >= 11 is 0. The van der Waals surface area contributed by atoms with Crippen molar-refractivity contribution in [3.8, 4) is 0 Å². The minimum atomic E-state index is 0.728. The van der Waals surface area contributed by atoms with Gasteiger partial charge in [-0.1, -0.05) is 26.7 Å². The van der Waals surface area contributed by atoms with E-state index in [1.165, 1.54) is 10.9 Å². The number of hydrogen-bond acceptors (Lipinski definition) is 2. The van der Waals surface area contributed by atoms with E-state index in [0.29, 0.717) is 0 Å². The maximum absolute atomic E-state index is 6.03. The third-order valence-corrected chi connectivity index (χ3v) is 4.30. The number of aromatic amines is 1. The first-order chi connectivity index (χ1) is 11.3. The molecule has 0 bridgehead atoms. The zero-order valence-electron chi connectivity index (χ0n) is 15.1. The van der Waals surface area contributed by atoms with Crippen molar-refractivity contribution in [3.63, 3.8) is 0 Å². The van der Waals surface area contributed by atoms with E-state index in [0.717, 1.165) is 51.3 Å². The lowest BCUT2D eigenvalue weighted by atomic mass is 9.96. The molecule has 0 aliphatic carbocycles.